The molecule has 1 aliphatic carbocycles. The molecular formula is C18H28FNO. The summed E-state index contributed by atoms with van der Waals surface area (Å²) in [6.07, 6.45) is 6.99. The number of likely N-dealkylation sites (N-methyl/N-ethyl adjacent to an activating group) is 1. The van der Waals surface area contributed by atoms with Gasteiger partial charge in [0.05, 0.1) is 11.6 Å². The lowest BCUT2D eigenvalue weighted by atomic mass is 9.80. The van der Waals surface area contributed by atoms with Crippen molar-refractivity contribution in [2.75, 3.05) is 13.7 Å². The number of rotatable bonds is 5. The third kappa shape index (κ3) is 3.64. The molecule has 0 radical (unpaired) electrons. The highest BCUT2D eigenvalue weighted by molar-refractivity contribution is 5.32. The topological polar surface area (TPSA) is 21.3 Å². The largest absolute Gasteiger partial charge is 0.376 e. The molecule has 0 spiro atoms. The van der Waals surface area contributed by atoms with Crippen LogP contribution in [0.5, 0.6) is 0 Å². The van der Waals surface area contributed by atoms with Gasteiger partial charge in [-0.2, -0.15) is 0 Å². The van der Waals surface area contributed by atoms with E-state index >= 15 is 0 Å². The summed E-state index contributed by atoms with van der Waals surface area (Å²) in [6, 6.07) is 5.14. The van der Waals surface area contributed by atoms with Gasteiger partial charge in [0.1, 0.15) is 5.82 Å². The van der Waals surface area contributed by atoms with Crippen LogP contribution in [0.1, 0.15) is 62.6 Å². The number of hydrogen-bond acceptors (Lipinski definition) is 2. The monoisotopic (exact) mass is 293 g/mol. The Morgan fingerprint density at radius 3 is 2.48 bits per heavy atom. The highest BCUT2D eigenvalue weighted by Gasteiger charge is 2.40. The average Bonchev–Trinajstić information content (AvgIpc) is 2.74. The molecule has 0 heterocycles. The van der Waals surface area contributed by atoms with Gasteiger partial charge in [-0.05, 0) is 49.6 Å². The van der Waals surface area contributed by atoms with Crippen molar-refractivity contribution in [1.29, 1.82) is 0 Å². The van der Waals surface area contributed by atoms with E-state index in [1.54, 1.807) is 6.07 Å². The summed E-state index contributed by atoms with van der Waals surface area (Å²) in [4.78, 5) is 0. The first-order chi connectivity index (χ1) is 10.1. The van der Waals surface area contributed by atoms with Crippen LogP contribution in [-0.4, -0.2) is 19.3 Å². The number of methoxy groups -OCH3 is 1. The van der Waals surface area contributed by atoms with Crippen LogP contribution in [0.2, 0.25) is 0 Å². The van der Waals surface area contributed by atoms with Gasteiger partial charge in [-0.1, -0.05) is 38.7 Å². The van der Waals surface area contributed by atoms with E-state index in [-0.39, 0.29) is 17.5 Å². The van der Waals surface area contributed by atoms with E-state index in [1.165, 1.54) is 31.7 Å². The van der Waals surface area contributed by atoms with Crippen molar-refractivity contribution in [2.45, 2.75) is 64.0 Å². The number of ether oxygens (including phenoxy) is 1. The molecular weight excluding hydrogens is 265 g/mol. The Morgan fingerprint density at radius 2 is 1.90 bits per heavy atom. The van der Waals surface area contributed by atoms with E-state index in [4.69, 9.17) is 4.74 Å². The number of hydrogen-bond donors (Lipinski definition) is 1. The number of aryl methyl sites for hydroxylation is 1. The lowest BCUT2D eigenvalue weighted by Gasteiger charge is -2.40. The van der Waals surface area contributed by atoms with Gasteiger partial charge >= 0.3 is 0 Å². The van der Waals surface area contributed by atoms with E-state index in [9.17, 15) is 4.39 Å². The first-order valence-corrected chi connectivity index (χ1v) is 8.17. The van der Waals surface area contributed by atoms with Crippen molar-refractivity contribution in [3.05, 3.63) is 35.1 Å². The van der Waals surface area contributed by atoms with Crippen LogP contribution in [0.25, 0.3) is 0 Å². The fourth-order valence-corrected chi connectivity index (χ4v) is 3.64. The Hall–Kier alpha value is -0.930. The molecule has 118 valence electrons. The molecule has 1 saturated carbocycles. The van der Waals surface area contributed by atoms with Crippen molar-refractivity contribution >= 4 is 0 Å². The SMILES string of the molecule is CCNC(c1cc(F)ccc1C)C1(OC)CCCCCC1. The highest BCUT2D eigenvalue weighted by atomic mass is 19.1. The lowest BCUT2D eigenvalue weighted by molar-refractivity contribution is -0.0539. The smallest absolute Gasteiger partial charge is 0.123 e. The minimum atomic E-state index is -0.217. The van der Waals surface area contributed by atoms with E-state index < -0.39 is 0 Å². The highest BCUT2D eigenvalue weighted by Crippen LogP contribution is 2.41. The Labute approximate surface area is 128 Å². The van der Waals surface area contributed by atoms with E-state index in [0.29, 0.717) is 0 Å². The van der Waals surface area contributed by atoms with Gasteiger partial charge < -0.3 is 10.1 Å². The van der Waals surface area contributed by atoms with Crippen LogP contribution >= 0.6 is 0 Å². The number of nitrogens with one attached hydrogen (secondary N) is 1. The zero-order chi connectivity index (χ0) is 15.3. The Morgan fingerprint density at radius 1 is 1.24 bits per heavy atom. The predicted molar refractivity (Wildman–Crippen MR) is 85.0 cm³/mol. The standard InChI is InChI=1S/C18H28FNO/c1-4-20-17(16-13-15(19)10-9-14(16)2)18(21-3)11-7-5-6-8-12-18/h9-10,13,17,20H,4-8,11-12H2,1-3H3. The van der Waals surface area contributed by atoms with Crippen LogP contribution in [0, 0.1) is 12.7 Å². The van der Waals surface area contributed by atoms with Gasteiger partial charge in [0, 0.05) is 7.11 Å². The van der Waals surface area contributed by atoms with E-state index in [0.717, 1.165) is 30.5 Å². The zero-order valence-electron chi connectivity index (χ0n) is 13.5. The van der Waals surface area contributed by atoms with Gasteiger partial charge in [0.25, 0.3) is 0 Å². The maximum atomic E-state index is 13.8. The molecule has 0 saturated heterocycles. The summed E-state index contributed by atoms with van der Waals surface area (Å²) in [5.74, 6) is -0.168. The summed E-state index contributed by atoms with van der Waals surface area (Å²) >= 11 is 0. The average molecular weight is 293 g/mol. The molecule has 3 heteroatoms. The summed E-state index contributed by atoms with van der Waals surface area (Å²) in [5.41, 5.74) is 1.95. The number of benzene rings is 1. The molecule has 1 aliphatic rings. The minimum absolute atomic E-state index is 0.0568. The van der Waals surface area contributed by atoms with Crippen molar-refractivity contribution < 1.29 is 9.13 Å². The summed E-state index contributed by atoms with van der Waals surface area (Å²) in [6.45, 7) is 5.01. The van der Waals surface area contributed by atoms with Crippen LogP contribution in [0.3, 0.4) is 0 Å². The second-order valence-corrected chi connectivity index (χ2v) is 6.17. The molecule has 1 unspecified atom stereocenters. The molecule has 0 aromatic heterocycles. The molecule has 1 fully saturated rings. The fourth-order valence-electron chi connectivity index (χ4n) is 3.64. The molecule has 0 amide bonds. The van der Waals surface area contributed by atoms with Gasteiger partial charge in [-0.25, -0.2) is 4.39 Å². The Bertz CT molecular complexity index is 453. The normalized spacial score (nSPS) is 20.0. The van der Waals surface area contributed by atoms with Gasteiger partial charge in [-0.15, -0.1) is 0 Å². The third-order valence-electron chi connectivity index (χ3n) is 4.84. The Kier molecular flexibility index (Phi) is 5.77. The number of halogens is 1. The zero-order valence-corrected chi connectivity index (χ0v) is 13.5. The molecule has 0 aliphatic heterocycles. The third-order valence-corrected chi connectivity index (χ3v) is 4.84. The molecule has 1 aromatic rings. The van der Waals surface area contributed by atoms with Crippen molar-refractivity contribution in [1.82, 2.24) is 5.32 Å². The van der Waals surface area contributed by atoms with Crippen LogP contribution in [-0.2, 0) is 4.74 Å². The lowest BCUT2D eigenvalue weighted by Crippen LogP contribution is -2.45. The predicted octanol–water partition coefficient (Wildman–Crippen LogP) is 4.52. The van der Waals surface area contributed by atoms with Crippen molar-refractivity contribution in [3.8, 4) is 0 Å². The summed E-state index contributed by atoms with van der Waals surface area (Å²) in [5, 5.41) is 3.56. The second-order valence-electron chi connectivity index (χ2n) is 6.17. The summed E-state index contributed by atoms with van der Waals surface area (Å²) < 4.78 is 19.8. The van der Waals surface area contributed by atoms with Crippen molar-refractivity contribution in [2.24, 2.45) is 0 Å². The fraction of sp³-hybridized carbons (Fsp3) is 0.667. The molecule has 1 N–H and O–H groups in total. The van der Waals surface area contributed by atoms with Crippen LogP contribution < -0.4 is 5.32 Å². The maximum absolute atomic E-state index is 13.8. The van der Waals surface area contributed by atoms with Gasteiger partial charge in [0.2, 0.25) is 0 Å². The first-order valence-electron chi connectivity index (χ1n) is 8.17. The molecule has 0 bridgehead atoms. The molecule has 1 atom stereocenters. The quantitative estimate of drug-likeness (QED) is 0.806. The second kappa shape index (κ2) is 7.37. The maximum Gasteiger partial charge on any atom is 0.123 e. The van der Waals surface area contributed by atoms with E-state index in [2.05, 4.69) is 19.2 Å². The van der Waals surface area contributed by atoms with Crippen LogP contribution in [0.15, 0.2) is 18.2 Å². The first kappa shape index (κ1) is 16.4. The summed E-state index contributed by atoms with van der Waals surface area (Å²) in [7, 11) is 1.81. The van der Waals surface area contributed by atoms with E-state index in [1.807, 2.05) is 13.2 Å². The molecule has 2 rings (SSSR count). The van der Waals surface area contributed by atoms with Crippen LogP contribution in [0.4, 0.5) is 4.39 Å². The minimum Gasteiger partial charge on any atom is -0.376 e. The molecule has 1 aromatic carbocycles. The molecule has 2 nitrogen and oxygen atoms in total. The molecule has 21 heavy (non-hydrogen) atoms. The van der Waals surface area contributed by atoms with Crippen molar-refractivity contribution in [3.63, 3.8) is 0 Å². The van der Waals surface area contributed by atoms with Gasteiger partial charge in [-0.3, -0.25) is 0 Å². The van der Waals surface area contributed by atoms with Gasteiger partial charge in [0.15, 0.2) is 0 Å². The Balaban J connectivity index is 2.41.